The molecule has 1 aliphatic rings. The van der Waals surface area contributed by atoms with Crippen molar-refractivity contribution in [3.63, 3.8) is 0 Å². The first kappa shape index (κ1) is 27.6. The largest absolute Gasteiger partial charge is 0.497 e. The molecule has 1 saturated heterocycles. The number of methoxy groups -OCH3 is 1. The van der Waals surface area contributed by atoms with Gasteiger partial charge >= 0.3 is 0 Å². The fourth-order valence-electron chi connectivity index (χ4n) is 4.37. The van der Waals surface area contributed by atoms with E-state index in [1.54, 1.807) is 18.2 Å². The van der Waals surface area contributed by atoms with Crippen LogP contribution < -0.4 is 14.8 Å². The zero-order valence-electron chi connectivity index (χ0n) is 21.5. The third kappa shape index (κ3) is 6.17. The second-order valence-electron chi connectivity index (χ2n) is 9.32. The molecule has 0 radical (unpaired) electrons. The van der Waals surface area contributed by atoms with E-state index >= 15 is 0 Å². The van der Waals surface area contributed by atoms with Crippen LogP contribution in [0.2, 0.25) is 0 Å². The molecule has 11 heteroatoms. The molecule has 0 aliphatic carbocycles. The molecule has 3 aromatic carbocycles. The van der Waals surface area contributed by atoms with Crippen LogP contribution in [0.5, 0.6) is 5.75 Å². The van der Waals surface area contributed by atoms with Crippen molar-refractivity contribution in [1.82, 2.24) is 4.31 Å². The van der Waals surface area contributed by atoms with E-state index in [2.05, 4.69) is 10.0 Å². The molecule has 0 saturated carbocycles. The molecule has 9 nitrogen and oxygen atoms in total. The first-order valence-electron chi connectivity index (χ1n) is 12.1. The lowest BCUT2D eigenvalue weighted by Gasteiger charge is -2.31. The molecule has 1 aliphatic heterocycles. The second kappa shape index (κ2) is 11.1. The number of rotatable bonds is 8. The van der Waals surface area contributed by atoms with Gasteiger partial charge in [0.2, 0.25) is 15.9 Å². The van der Waals surface area contributed by atoms with E-state index in [-0.39, 0.29) is 22.2 Å². The zero-order chi connectivity index (χ0) is 27.5. The molecular weight excluding hydrogens is 526 g/mol. The average Bonchev–Trinajstić information content (AvgIpc) is 2.90. The molecular formula is C27H31N3O6S2. The highest BCUT2D eigenvalue weighted by Gasteiger charge is 2.33. The van der Waals surface area contributed by atoms with Crippen molar-refractivity contribution in [3.8, 4) is 5.75 Å². The van der Waals surface area contributed by atoms with Gasteiger partial charge in [-0.15, -0.1) is 0 Å². The average molecular weight is 558 g/mol. The van der Waals surface area contributed by atoms with Crippen LogP contribution in [0.3, 0.4) is 0 Å². The van der Waals surface area contributed by atoms with E-state index < -0.39 is 26.0 Å². The Bertz CT molecular complexity index is 1520. The molecule has 1 heterocycles. The van der Waals surface area contributed by atoms with Crippen LogP contribution in [0, 0.1) is 19.8 Å². The summed E-state index contributed by atoms with van der Waals surface area (Å²) < 4.78 is 60.9. The highest BCUT2D eigenvalue weighted by molar-refractivity contribution is 7.92. The summed E-state index contributed by atoms with van der Waals surface area (Å²) in [6.45, 7) is 4.16. The van der Waals surface area contributed by atoms with Gasteiger partial charge in [0, 0.05) is 18.8 Å². The Morgan fingerprint density at radius 3 is 2.21 bits per heavy atom. The van der Waals surface area contributed by atoms with E-state index in [4.69, 9.17) is 4.74 Å². The quantitative estimate of drug-likeness (QED) is 0.429. The molecule has 1 fully saturated rings. The molecule has 1 amide bonds. The number of nitrogens with zero attached hydrogens (tertiary/aromatic N) is 1. The van der Waals surface area contributed by atoms with Gasteiger partial charge in [0.15, 0.2) is 0 Å². The molecule has 0 spiro atoms. The summed E-state index contributed by atoms with van der Waals surface area (Å²) in [5, 5.41) is 2.79. The lowest BCUT2D eigenvalue weighted by atomic mass is 9.99. The minimum atomic E-state index is -3.81. The van der Waals surface area contributed by atoms with Gasteiger partial charge in [0.25, 0.3) is 10.0 Å². The normalized spacial score (nSPS) is 16.6. The molecule has 202 valence electrons. The lowest BCUT2D eigenvalue weighted by Crippen LogP contribution is -2.43. The molecule has 3 aromatic rings. The minimum absolute atomic E-state index is 0.0601. The third-order valence-corrected chi connectivity index (χ3v) is 9.77. The van der Waals surface area contributed by atoms with Gasteiger partial charge in [0.05, 0.1) is 28.5 Å². The first-order chi connectivity index (χ1) is 18.0. The standard InChI is InChI=1S/C27H31N3O6S2/c1-19-6-15-26(20(2)17-19)29-37(32,33)24-11-7-22(8-12-24)28-27(31)21-5-4-16-30(18-21)38(34,35)25-13-9-23(36-3)10-14-25/h6-15,17,21,29H,4-5,16,18H2,1-3H3,(H,28,31)/t21-/m1/s1. The number of benzene rings is 3. The predicted molar refractivity (Wildman–Crippen MR) is 146 cm³/mol. The molecule has 4 rings (SSSR count). The van der Waals surface area contributed by atoms with Crippen molar-refractivity contribution >= 4 is 37.3 Å². The predicted octanol–water partition coefficient (Wildman–Crippen LogP) is 4.15. The number of anilines is 2. The highest BCUT2D eigenvalue weighted by atomic mass is 32.2. The number of nitrogens with one attached hydrogen (secondary N) is 2. The van der Waals surface area contributed by atoms with Gasteiger partial charge in [-0.25, -0.2) is 16.8 Å². The fourth-order valence-corrected chi connectivity index (χ4v) is 7.02. The zero-order valence-corrected chi connectivity index (χ0v) is 23.1. The van der Waals surface area contributed by atoms with Crippen molar-refractivity contribution in [2.24, 2.45) is 5.92 Å². The van der Waals surface area contributed by atoms with E-state index in [1.807, 2.05) is 26.0 Å². The van der Waals surface area contributed by atoms with Gasteiger partial charge < -0.3 is 10.1 Å². The molecule has 2 N–H and O–H groups in total. The number of carbonyl (C=O) groups is 1. The number of amides is 1. The summed E-state index contributed by atoms with van der Waals surface area (Å²) in [6.07, 6.45) is 1.10. The van der Waals surface area contributed by atoms with Crippen molar-refractivity contribution in [2.45, 2.75) is 36.5 Å². The smallest absolute Gasteiger partial charge is 0.261 e. The topological polar surface area (TPSA) is 122 Å². The number of hydrogen-bond donors (Lipinski definition) is 2. The second-order valence-corrected chi connectivity index (χ2v) is 12.9. The van der Waals surface area contributed by atoms with Gasteiger partial charge in [0.1, 0.15) is 5.75 Å². The lowest BCUT2D eigenvalue weighted by molar-refractivity contribution is -0.120. The number of aryl methyl sites for hydroxylation is 2. The fraction of sp³-hybridized carbons (Fsp3) is 0.296. The number of sulfonamides is 2. The van der Waals surface area contributed by atoms with Crippen LogP contribution in [-0.4, -0.2) is 47.2 Å². The minimum Gasteiger partial charge on any atom is -0.497 e. The molecule has 0 unspecified atom stereocenters. The monoisotopic (exact) mass is 557 g/mol. The van der Waals surface area contributed by atoms with Crippen molar-refractivity contribution in [1.29, 1.82) is 0 Å². The van der Waals surface area contributed by atoms with Crippen LogP contribution in [0.15, 0.2) is 76.5 Å². The maximum Gasteiger partial charge on any atom is 0.261 e. The summed E-state index contributed by atoms with van der Waals surface area (Å²) in [4.78, 5) is 13.2. The van der Waals surface area contributed by atoms with Crippen LogP contribution in [0.4, 0.5) is 11.4 Å². The van der Waals surface area contributed by atoms with E-state index in [1.165, 1.54) is 47.8 Å². The van der Waals surface area contributed by atoms with Gasteiger partial charge in [-0.05, 0) is 86.8 Å². The molecule has 1 atom stereocenters. The van der Waals surface area contributed by atoms with Crippen LogP contribution in [-0.2, 0) is 24.8 Å². The maximum atomic E-state index is 13.1. The Morgan fingerprint density at radius 1 is 0.921 bits per heavy atom. The summed E-state index contributed by atoms with van der Waals surface area (Å²) in [6, 6.07) is 17.5. The van der Waals surface area contributed by atoms with Crippen LogP contribution in [0.1, 0.15) is 24.0 Å². The molecule has 38 heavy (non-hydrogen) atoms. The number of ether oxygens (including phenoxy) is 1. The first-order valence-corrected chi connectivity index (χ1v) is 15.1. The van der Waals surface area contributed by atoms with Crippen LogP contribution in [0.25, 0.3) is 0 Å². The van der Waals surface area contributed by atoms with E-state index in [0.29, 0.717) is 36.5 Å². The van der Waals surface area contributed by atoms with E-state index in [9.17, 15) is 21.6 Å². The molecule has 0 aromatic heterocycles. The van der Waals surface area contributed by atoms with Gasteiger partial charge in [-0.1, -0.05) is 17.7 Å². The summed E-state index contributed by atoms with van der Waals surface area (Å²) in [5.41, 5.74) is 2.77. The summed E-state index contributed by atoms with van der Waals surface area (Å²) in [5.74, 6) is -0.297. The van der Waals surface area contributed by atoms with Crippen molar-refractivity contribution in [3.05, 3.63) is 77.9 Å². The number of hydrogen-bond acceptors (Lipinski definition) is 6. The Labute approximate surface area is 223 Å². The molecule has 0 bridgehead atoms. The van der Waals surface area contributed by atoms with Crippen LogP contribution >= 0.6 is 0 Å². The van der Waals surface area contributed by atoms with Gasteiger partial charge in [-0.3, -0.25) is 9.52 Å². The summed E-state index contributed by atoms with van der Waals surface area (Å²) >= 11 is 0. The van der Waals surface area contributed by atoms with Gasteiger partial charge in [-0.2, -0.15) is 4.31 Å². The van der Waals surface area contributed by atoms with Crippen molar-refractivity contribution < 1.29 is 26.4 Å². The Balaban J connectivity index is 1.41. The maximum absolute atomic E-state index is 13.1. The highest BCUT2D eigenvalue weighted by Crippen LogP contribution is 2.27. The van der Waals surface area contributed by atoms with E-state index in [0.717, 1.165) is 11.1 Å². The Kier molecular flexibility index (Phi) is 8.10. The number of piperidine rings is 1. The Hall–Kier alpha value is -3.41. The third-order valence-electron chi connectivity index (χ3n) is 6.51. The SMILES string of the molecule is COc1ccc(S(=O)(=O)N2CCC[C@@H](C(=O)Nc3ccc(S(=O)(=O)Nc4ccc(C)cc4C)cc3)C2)cc1. The summed E-state index contributed by atoms with van der Waals surface area (Å²) in [7, 11) is -6.06. The van der Waals surface area contributed by atoms with Crippen molar-refractivity contribution in [2.75, 3.05) is 30.2 Å². The Morgan fingerprint density at radius 2 is 1.58 bits per heavy atom. The number of carbonyl (C=O) groups excluding carboxylic acids is 1.